The van der Waals surface area contributed by atoms with E-state index in [1.54, 1.807) is 24.3 Å². The van der Waals surface area contributed by atoms with E-state index in [2.05, 4.69) is 24.4 Å². The van der Waals surface area contributed by atoms with Gasteiger partial charge in [0.05, 0.1) is 11.1 Å². The number of hydrazone groups is 1. The average molecular weight is 421 g/mol. The summed E-state index contributed by atoms with van der Waals surface area (Å²) in [6, 6.07) is 15.4. The Balaban J connectivity index is 1.55. The Morgan fingerprint density at radius 1 is 1.19 bits per heavy atom. The van der Waals surface area contributed by atoms with Gasteiger partial charge in [0.2, 0.25) is 0 Å². The first-order valence-electron chi connectivity index (χ1n) is 9.73. The Hall–Kier alpha value is -3.94. The molecule has 1 aromatic heterocycles. The Labute approximate surface area is 179 Å². The molecular formula is C23H23N3O5. The van der Waals surface area contributed by atoms with Crippen LogP contribution in [0, 0.1) is 17.0 Å². The van der Waals surface area contributed by atoms with E-state index in [1.807, 2.05) is 25.1 Å². The zero-order chi connectivity index (χ0) is 22.4. The van der Waals surface area contributed by atoms with Gasteiger partial charge in [0.1, 0.15) is 17.3 Å². The zero-order valence-corrected chi connectivity index (χ0v) is 17.5. The molecule has 0 aliphatic heterocycles. The number of nitrogens with one attached hydrogen (secondary N) is 1. The highest BCUT2D eigenvalue weighted by Crippen LogP contribution is 2.27. The molecule has 2 aromatic carbocycles. The standard InChI is InChI=1S/C23H23N3O5/c1-15(2)20-10-4-16(3)12-22(20)30-14-23(27)25-24-13-19-9-11-21(31-19)17-5-7-18(8-6-17)26(28)29/h4-13,15H,14H2,1-3H3,(H,25,27)/b24-13+. The van der Waals surface area contributed by atoms with Crippen molar-refractivity contribution in [2.45, 2.75) is 26.7 Å². The number of nitro groups is 1. The van der Waals surface area contributed by atoms with Gasteiger partial charge in [0, 0.05) is 17.7 Å². The molecule has 1 heterocycles. The fourth-order valence-corrected chi connectivity index (χ4v) is 2.91. The summed E-state index contributed by atoms with van der Waals surface area (Å²) in [5.41, 5.74) is 5.20. The van der Waals surface area contributed by atoms with E-state index in [0.717, 1.165) is 11.1 Å². The minimum absolute atomic E-state index is 0.00759. The molecule has 160 valence electrons. The van der Waals surface area contributed by atoms with Crippen LogP contribution >= 0.6 is 0 Å². The molecule has 8 nitrogen and oxygen atoms in total. The van der Waals surface area contributed by atoms with Gasteiger partial charge in [-0.05, 0) is 54.3 Å². The van der Waals surface area contributed by atoms with Crippen LogP contribution in [-0.4, -0.2) is 23.7 Å². The van der Waals surface area contributed by atoms with E-state index >= 15 is 0 Å². The lowest BCUT2D eigenvalue weighted by molar-refractivity contribution is -0.384. The summed E-state index contributed by atoms with van der Waals surface area (Å²) in [5.74, 6) is 1.53. The predicted octanol–water partition coefficient (Wildman–Crippen LogP) is 4.82. The second-order valence-electron chi connectivity index (χ2n) is 7.28. The fourth-order valence-electron chi connectivity index (χ4n) is 2.91. The van der Waals surface area contributed by atoms with Crippen molar-refractivity contribution >= 4 is 17.8 Å². The van der Waals surface area contributed by atoms with Crippen LogP contribution < -0.4 is 10.2 Å². The Bertz CT molecular complexity index is 1100. The number of hydrogen-bond donors (Lipinski definition) is 1. The van der Waals surface area contributed by atoms with Gasteiger partial charge >= 0.3 is 0 Å². The molecule has 31 heavy (non-hydrogen) atoms. The van der Waals surface area contributed by atoms with Crippen LogP contribution in [0.4, 0.5) is 5.69 Å². The fraction of sp³-hybridized carbons (Fsp3) is 0.217. The molecule has 0 bridgehead atoms. The third-order valence-corrected chi connectivity index (χ3v) is 4.52. The monoisotopic (exact) mass is 421 g/mol. The highest BCUT2D eigenvalue weighted by atomic mass is 16.6. The van der Waals surface area contributed by atoms with Crippen molar-refractivity contribution in [3.63, 3.8) is 0 Å². The van der Waals surface area contributed by atoms with Crippen LogP contribution in [0.5, 0.6) is 5.75 Å². The summed E-state index contributed by atoms with van der Waals surface area (Å²) < 4.78 is 11.3. The number of hydrogen-bond acceptors (Lipinski definition) is 6. The van der Waals surface area contributed by atoms with E-state index in [9.17, 15) is 14.9 Å². The van der Waals surface area contributed by atoms with Crippen LogP contribution in [-0.2, 0) is 4.79 Å². The number of furan rings is 1. The third kappa shape index (κ3) is 5.79. The van der Waals surface area contributed by atoms with Gasteiger partial charge in [-0.15, -0.1) is 0 Å². The van der Waals surface area contributed by atoms with Crippen molar-refractivity contribution in [1.29, 1.82) is 0 Å². The van der Waals surface area contributed by atoms with Crippen molar-refractivity contribution in [3.05, 3.63) is 81.6 Å². The van der Waals surface area contributed by atoms with Gasteiger partial charge in [0.15, 0.2) is 6.61 Å². The van der Waals surface area contributed by atoms with Gasteiger partial charge in [-0.2, -0.15) is 5.10 Å². The zero-order valence-electron chi connectivity index (χ0n) is 17.5. The van der Waals surface area contributed by atoms with Crippen molar-refractivity contribution in [2.75, 3.05) is 6.61 Å². The molecule has 3 aromatic rings. The van der Waals surface area contributed by atoms with Crippen molar-refractivity contribution in [1.82, 2.24) is 5.43 Å². The van der Waals surface area contributed by atoms with Gasteiger partial charge in [0.25, 0.3) is 11.6 Å². The molecule has 0 radical (unpaired) electrons. The van der Waals surface area contributed by atoms with Crippen molar-refractivity contribution in [3.8, 4) is 17.1 Å². The topological polar surface area (TPSA) is 107 Å². The lowest BCUT2D eigenvalue weighted by Gasteiger charge is -2.14. The number of nitro benzene ring substituents is 1. The molecule has 0 unspecified atom stereocenters. The summed E-state index contributed by atoms with van der Waals surface area (Å²) in [4.78, 5) is 22.3. The highest BCUT2D eigenvalue weighted by molar-refractivity contribution is 5.81. The van der Waals surface area contributed by atoms with Crippen molar-refractivity contribution < 1.29 is 18.9 Å². The van der Waals surface area contributed by atoms with Gasteiger partial charge in [-0.3, -0.25) is 14.9 Å². The molecular weight excluding hydrogens is 398 g/mol. The summed E-state index contributed by atoms with van der Waals surface area (Å²) in [6.07, 6.45) is 1.37. The number of non-ortho nitro benzene ring substituents is 1. The second kappa shape index (κ2) is 9.71. The first-order valence-corrected chi connectivity index (χ1v) is 9.73. The summed E-state index contributed by atoms with van der Waals surface area (Å²) in [6.45, 7) is 5.94. The van der Waals surface area contributed by atoms with Crippen LogP contribution in [0.1, 0.15) is 36.7 Å². The van der Waals surface area contributed by atoms with Crippen LogP contribution in [0.25, 0.3) is 11.3 Å². The van der Waals surface area contributed by atoms with Crippen molar-refractivity contribution in [2.24, 2.45) is 5.10 Å². The molecule has 0 atom stereocenters. The van der Waals surface area contributed by atoms with Crippen LogP contribution in [0.15, 0.2) is 64.1 Å². The molecule has 0 fully saturated rings. The number of benzene rings is 2. The number of amides is 1. The molecule has 1 amide bonds. The van der Waals surface area contributed by atoms with E-state index in [4.69, 9.17) is 9.15 Å². The predicted molar refractivity (Wildman–Crippen MR) is 117 cm³/mol. The lowest BCUT2D eigenvalue weighted by atomic mass is 10.0. The van der Waals surface area contributed by atoms with E-state index in [0.29, 0.717) is 22.8 Å². The molecule has 0 aliphatic carbocycles. The number of rotatable bonds is 8. The number of nitrogens with zero attached hydrogens (tertiary/aromatic N) is 2. The van der Waals surface area contributed by atoms with E-state index < -0.39 is 10.8 Å². The molecule has 1 N–H and O–H groups in total. The smallest absolute Gasteiger partial charge is 0.277 e. The largest absolute Gasteiger partial charge is 0.483 e. The third-order valence-electron chi connectivity index (χ3n) is 4.52. The Morgan fingerprint density at radius 2 is 1.94 bits per heavy atom. The number of carbonyl (C=O) groups excluding carboxylic acids is 1. The van der Waals surface area contributed by atoms with Crippen LogP contribution in [0.3, 0.4) is 0 Å². The highest BCUT2D eigenvalue weighted by Gasteiger charge is 2.11. The quantitative estimate of drug-likeness (QED) is 0.319. The molecule has 0 spiro atoms. The average Bonchev–Trinajstić information content (AvgIpc) is 3.21. The maximum Gasteiger partial charge on any atom is 0.277 e. The lowest BCUT2D eigenvalue weighted by Crippen LogP contribution is -2.24. The summed E-state index contributed by atoms with van der Waals surface area (Å²) in [7, 11) is 0. The maximum atomic E-state index is 12.1. The second-order valence-corrected chi connectivity index (χ2v) is 7.28. The number of carbonyl (C=O) groups is 1. The Morgan fingerprint density at radius 3 is 2.61 bits per heavy atom. The minimum atomic E-state index is -0.459. The number of ether oxygens (including phenoxy) is 1. The molecule has 0 saturated carbocycles. The summed E-state index contributed by atoms with van der Waals surface area (Å²) in [5, 5.41) is 14.6. The van der Waals surface area contributed by atoms with Gasteiger partial charge < -0.3 is 9.15 Å². The first-order chi connectivity index (χ1) is 14.8. The maximum absolute atomic E-state index is 12.1. The molecule has 0 aliphatic rings. The summed E-state index contributed by atoms with van der Waals surface area (Å²) >= 11 is 0. The minimum Gasteiger partial charge on any atom is -0.483 e. The number of aryl methyl sites for hydroxylation is 1. The molecule has 3 rings (SSSR count). The molecule has 0 saturated heterocycles. The van der Waals surface area contributed by atoms with E-state index in [1.165, 1.54) is 18.3 Å². The van der Waals surface area contributed by atoms with Gasteiger partial charge in [-0.1, -0.05) is 26.0 Å². The first kappa shape index (κ1) is 21.8. The SMILES string of the molecule is Cc1ccc(C(C)C)c(OCC(=O)N/N=C/c2ccc(-c3ccc([N+](=O)[O-])cc3)o2)c1. The molecule has 8 heteroatoms. The van der Waals surface area contributed by atoms with Crippen LogP contribution in [0.2, 0.25) is 0 Å². The van der Waals surface area contributed by atoms with E-state index in [-0.39, 0.29) is 18.2 Å². The normalized spacial score (nSPS) is 11.1. The Kier molecular flexibility index (Phi) is 6.81. The van der Waals surface area contributed by atoms with Gasteiger partial charge in [-0.25, -0.2) is 5.43 Å².